The molecule has 2 heterocycles. The summed E-state index contributed by atoms with van der Waals surface area (Å²) >= 11 is 0. The van der Waals surface area contributed by atoms with Crippen molar-refractivity contribution in [2.45, 2.75) is 71.3 Å². The molecule has 0 saturated carbocycles. The Balaban J connectivity index is 1.21. The second-order valence-electron chi connectivity index (χ2n) is 11.4. The molecule has 0 unspecified atom stereocenters. The van der Waals surface area contributed by atoms with Gasteiger partial charge in [0.15, 0.2) is 0 Å². The lowest BCUT2D eigenvalue weighted by Gasteiger charge is -2.36. The number of aromatic nitrogens is 2. The van der Waals surface area contributed by atoms with Crippen LogP contribution < -0.4 is 14.5 Å². The van der Waals surface area contributed by atoms with Crippen molar-refractivity contribution in [1.29, 1.82) is 0 Å². The molecule has 1 aliphatic heterocycles. The maximum absolute atomic E-state index is 11.3. The lowest BCUT2D eigenvalue weighted by atomic mass is 9.99. The minimum Gasteiger partial charge on any atom is -0.544 e. The molecule has 3 aromatic rings. The van der Waals surface area contributed by atoms with Crippen LogP contribution in [0.2, 0.25) is 18.1 Å². The van der Waals surface area contributed by atoms with Crippen LogP contribution in [-0.4, -0.2) is 47.3 Å². The number of amides is 1. The van der Waals surface area contributed by atoms with Crippen LogP contribution in [0.4, 0.5) is 16.2 Å². The molecule has 1 aliphatic rings. The summed E-state index contributed by atoms with van der Waals surface area (Å²) < 4.78 is 14.4. The highest BCUT2D eigenvalue weighted by molar-refractivity contribution is 6.74. The first-order valence-corrected chi connectivity index (χ1v) is 16.2. The minimum absolute atomic E-state index is 0.164. The van der Waals surface area contributed by atoms with Crippen molar-refractivity contribution < 1.29 is 19.1 Å². The lowest BCUT2D eigenvalue weighted by molar-refractivity contribution is 0.139. The Morgan fingerprint density at radius 1 is 1.11 bits per heavy atom. The van der Waals surface area contributed by atoms with E-state index in [1.807, 2.05) is 59.5 Å². The number of hydrogen-bond donors (Lipinski definition) is 2. The Labute approximate surface area is 226 Å². The summed E-state index contributed by atoms with van der Waals surface area (Å²) in [4.78, 5) is 12.7. The third kappa shape index (κ3) is 6.89. The molecule has 0 atom stereocenters. The largest absolute Gasteiger partial charge is 0.544 e. The number of hydrogen-bond acceptors (Lipinski definition) is 5. The third-order valence-electron chi connectivity index (χ3n) is 7.49. The van der Waals surface area contributed by atoms with Crippen LogP contribution in [0, 0.1) is 0 Å². The molecule has 1 aromatic heterocycles. The summed E-state index contributed by atoms with van der Waals surface area (Å²) in [5, 5.41) is 17.3. The summed E-state index contributed by atoms with van der Waals surface area (Å²) in [7, 11) is -1.85. The zero-order chi connectivity index (χ0) is 27.3. The monoisotopic (exact) mass is 536 g/mol. The molecule has 0 radical (unpaired) electrons. The normalized spacial score (nSPS) is 13.7. The van der Waals surface area contributed by atoms with Crippen molar-refractivity contribution in [3.05, 3.63) is 66.0 Å². The first-order chi connectivity index (χ1) is 18.0. The van der Waals surface area contributed by atoms with Crippen LogP contribution >= 0.6 is 0 Å². The lowest BCUT2D eigenvalue weighted by Crippen LogP contribution is -2.43. The first-order valence-electron chi connectivity index (χ1n) is 13.3. The minimum atomic E-state index is -1.85. The van der Waals surface area contributed by atoms with Crippen LogP contribution in [0.3, 0.4) is 0 Å². The highest BCUT2D eigenvalue weighted by Gasteiger charge is 2.38. The number of unbranched alkanes of at least 4 members (excludes halogenated alkanes) is 1. The summed E-state index contributed by atoms with van der Waals surface area (Å²) in [5.41, 5.74) is 4.11. The fourth-order valence-corrected chi connectivity index (χ4v) is 5.23. The fraction of sp³-hybridized carbons (Fsp3) is 0.448. The molecule has 9 heteroatoms. The second-order valence-corrected chi connectivity index (χ2v) is 16.1. The third-order valence-corrected chi connectivity index (χ3v) is 11.8. The Kier molecular flexibility index (Phi) is 8.35. The highest BCUT2D eigenvalue weighted by atomic mass is 28.4. The van der Waals surface area contributed by atoms with E-state index in [2.05, 4.69) is 44.3 Å². The zero-order valence-electron chi connectivity index (χ0n) is 23.2. The molecule has 38 heavy (non-hydrogen) atoms. The van der Waals surface area contributed by atoms with Crippen molar-refractivity contribution >= 4 is 25.8 Å². The summed E-state index contributed by atoms with van der Waals surface area (Å²) in [5.74, 6) is 1.79. The molecule has 2 aromatic carbocycles. The van der Waals surface area contributed by atoms with Crippen LogP contribution in [0.1, 0.15) is 44.7 Å². The topological polar surface area (TPSA) is 88.9 Å². The Hall–Kier alpha value is -3.46. The first kappa shape index (κ1) is 27.6. The number of fused-ring (bicyclic) bond motifs is 1. The van der Waals surface area contributed by atoms with Gasteiger partial charge in [0.25, 0.3) is 0 Å². The van der Waals surface area contributed by atoms with Crippen molar-refractivity contribution in [3.63, 3.8) is 0 Å². The van der Waals surface area contributed by atoms with Crippen molar-refractivity contribution in [3.8, 4) is 11.5 Å². The second kappa shape index (κ2) is 11.5. The van der Waals surface area contributed by atoms with Crippen LogP contribution in [0.25, 0.3) is 0 Å². The predicted molar refractivity (Wildman–Crippen MR) is 153 cm³/mol. The van der Waals surface area contributed by atoms with Gasteiger partial charge in [0.2, 0.25) is 8.32 Å². The number of aryl methyl sites for hydroxylation is 1. The van der Waals surface area contributed by atoms with Gasteiger partial charge in [-0.05, 0) is 73.3 Å². The number of nitrogens with one attached hydrogen (secondary N) is 1. The van der Waals surface area contributed by atoms with Gasteiger partial charge in [0.05, 0.1) is 18.5 Å². The molecule has 2 N–H and O–H groups in total. The number of anilines is 2. The Morgan fingerprint density at radius 2 is 1.87 bits per heavy atom. The predicted octanol–water partition coefficient (Wildman–Crippen LogP) is 6.91. The van der Waals surface area contributed by atoms with Gasteiger partial charge in [-0.3, -0.25) is 4.68 Å². The molecule has 4 rings (SSSR count). The summed E-state index contributed by atoms with van der Waals surface area (Å²) in [6, 6.07) is 14.0. The molecular weight excluding hydrogens is 496 g/mol. The maximum Gasteiger partial charge on any atom is 0.407 e. The average molecular weight is 537 g/mol. The van der Waals surface area contributed by atoms with Gasteiger partial charge in [0, 0.05) is 37.1 Å². The van der Waals surface area contributed by atoms with Crippen molar-refractivity contribution in [2.75, 3.05) is 18.5 Å². The molecule has 204 valence electrons. The zero-order valence-corrected chi connectivity index (χ0v) is 24.2. The SMILES string of the molecule is CC(C)(C)[Si](C)(C)Oc1ccc(Nc2cnn(CCCCOc3cccc4c3CCN(C(=O)O)C4)c2)cc1. The van der Waals surface area contributed by atoms with Gasteiger partial charge in [-0.25, -0.2) is 4.79 Å². The van der Waals surface area contributed by atoms with Crippen LogP contribution in [0.5, 0.6) is 11.5 Å². The molecule has 0 saturated heterocycles. The van der Waals surface area contributed by atoms with Gasteiger partial charge in [-0.2, -0.15) is 5.10 Å². The van der Waals surface area contributed by atoms with Gasteiger partial charge < -0.3 is 24.5 Å². The van der Waals surface area contributed by atoms with Crippen molar-refractivity contribution in [1.82, 2.24) is 14.7 Å². The van der Waals surface area contributed by atoms with Gasteiger partial charge in [0.1, 0.15) is 11.5 Å². The van der Waals surface area contributed by atoms with Gasteiger partial charge >= 0.3 is 6.09 Å². The van der Waals surface area contributed by atoms with E-state index in [1.165, 1.54) is 4.90 Å². The number of carboxylic acid groups (broad SMARTS) is 1. The van der Waals surface area contributed by atoms with E-state index >= 15 is 0 Å². The summed E-state index contributed by atoms with van der Waals surface area (Å²) in [6.07, 6.45) is 5.53. The quantitative estimate of drug-likeness (QED) is 0.216. The standard InChI is InChI=1S/C29H40N4O4Si/c1-29(2,3)38(4,5)37-25-13-11-23(12-14-25)31-24-19-30-33(21-24)16-6-7-18-36-27-10-8-9-22-20-32(28(34)35)17-15-26(22)27/h8-14,19,21,31H,6-7,15-18,20H2,1-5H3,(H,34,35). The molecule has 0 bridgehead atoms. The van der Waals surface area contributed by atoms with Crippen molar-refractivity contribution in [2.24, 2.45) is 0 Å². The van der Waals surface area contributed by atoms with Crippen LogP contribution in [-0.2, 0) is 19.5 Å². The molecule has 8 nitrogen and oxygen atoms in total. The van der Waals surface area contributed by atoms with E-state index in [0.29, 0.717) is 26.1 Å². The number of rotatable bonds is 10. The Bertz CT molecular complexity index is 1230. The molecule has 0 spiro atoms. The fourth-order valence-electron chi connectivity index (χ4n) is 4.20. The molecule has 1 amide bonds. The van der Waals surface area contributed by atoms with E-state index in [9.17, 15) is 9.90 Å². The molecule has 0 fully saturated rings. The number of carbonyl (C=O) groups is 1. The maximum atomic E-state index is 11.3. The van der Waals surface area contributed by atoms with E-state index in [0.717, 1.165) is 53.4 Å². The highest BCUT2D eigenvalue weighted by Crippen LogP contribution is 2.37. The van der Waals surface area contributed by atoms with Gasteiger partial charge in [-0.15, -0.1) is 0 Å². The van der Waals surface area contributed by atoms with E-state index in [4.69, 9.17) is 9.16 Å². The van der Waals surface area contributed by atoms with Gasteiger partial charge in [-0.1, -0.05) is 32.9 Å². The van der Waals surface area contributed by atoms with E-state index in [1.54, 1.807) is 0 Å². The van der Waals surface area contributed by atoms with E-state index < -0.39 is 14.4 Å². The average Bonchev–Trinajstić information content (AvgIpc) is 3.31. The number of benzene rings is 2. The smallest absolute Gasteiger partial charge is 0.407 e. The molecular formula is C29H40N4O4Si. The Morgan fingerprint density at radius 3 is 2.58 bits per heavy atom. The van der Waals surface area contributed by atoms with E-state index in [-0.39, 0.29) is 5.04 Å². The number of ether oxygens (including phenoxy) is 1. The number of nitrogens with zero attached hydrogens (tertiary/aromatic N) is 3. The summed E-state index contributed by atoms with van der Waals surface area (Å²) in [6.45, 7) is 13.6. The molecule has 0 aliphatic carbocycles. The van der Waals surface area contributed by atoms with Crippen LogP contribution in [0.15, 0.2) is 54.9 Å².